The molecule has 0 radical (unpaired) electrons. The highest BCUT2D eigenvalue weighted by molar-refractivity contribution is 6.01. The normalized spacial score (nSPS) is 18.4. The quantitative estimate of drug-likeness (QED) is 0.356. The molecule has 0 bridgehead atoms. The number of para-hydroxylation sites is 2. The molecule has 2 atom stereocenters. The zero-order valence-electron chi connectivity index (χ0n) is 22.3. The van der Waals surface area contributed by atoms with E-state index in [1.807, 2.05) is 60.7 Å². The molecule has 0 saturated heterocycles. The number of rotatable bonds is 8. The van der Waals surface area contributed by atoms with Gasteiger partial charge in [-0.15, -0.1) is 0 Å². The van der Waals surface area contributed by atoms with Gasteiger partial charge in [0.25, 0.3) is 0 Å². The van der Waals surface area contributed by atoms with Crippen molar-refractivity contribution in [1.29, 1.82) is 0 Å². The smallest absolute Gasteiger partial charge is 0.163 e. The molecule has 5 rings (SSSR count). The van der Waals surface area contributed by atoms with Gasteiger partial charge in [-0.3, -0.25) is 4.79 Å². The Morgan fingerprint density at radius 1 is 0.789 bits per heavy atom. The summed E-state index contributed by atoms with van der Waals surface area (Å²) in [7, 11) is 4.89. The van der Waals surface area contributed by atoms with E-state index in [0.29, 0.717) is 42.4 Å². The molecule has 7 heteroatoms. The van der Waals surface area contributed by atoms with E-state index >= 15 is 0 Å². The van der Waals surface area contributed by atoms with Crippen molar-refractivity contribution in [3.63, 3.8) is 0 Å². The van der Waals surface area contributed by atoms with E-state index in [9.17, 15) is 4.79 Å². The predicted molar refractivity (Wildman–Crippen MR) is 149 cm³/mol. The third-order valence-electron chi connectivity index (χ3n) is 7.17. The van der Waals surface area contributed by atoms with Crippen LogP contribution in [0.5, 0.6) is 23.0 Å². The molecule has 2 aliphatic rings. The van der Waals surface area contributed by atoms with Crippen molar-refractivity contribution in [3.05, 3.63) is 83.1 Å². The first kappa shape index (κ1) is 25.5. The molecule has 1 heterocycles. The number of anilines is 2. The second kappa shape index (κ2) is 11.1. The van der Waals surface area contributed by atoms with Crippen LogP contribution in [0.25, 0.3) is 0 Å². The van der Waals surface area contributed by atoms with E-state index in [1.54, 1.807) is 21.3 Å². The summed E-state index contributed by atoms with van der Waals surface area (Å²) in [6, 6.07) is 19.5. The van der Waals surface area contributed by atoms with Crippen molar-refractivity contribution in [2.45, 2.75) is 38.1 Å². The Kier molecular flexibility index (Phi) is 7.45. The zero-order chi connectivity index (χ0) is 26.6. The van der Waals surface area contributed by atoms with Crippen LogP contribution in [0.2, 0.25) is 0 Å². The van der Waals surface area contributed by atoms with E-state index in [0.717, 1.165) is 40.2 Å². The molecule has 198 valence electrons. The lowest BCUT2D eigenvalue weighted by molar-refractivity contribution is -0.116. The number of hydrogen-bond acceptors (Lipinski definition) is 7. The molecule has 0 spiro atoms. The number of benzene rings is 3. The van der Waals surface area contributed by atoms with Gasteiger partial charge in [0, 0.05) is 17.7 Å². The lowest BCUT2D eigenvalue weighted by atomic mass is 9.78. The molecule has 0 saturated carbocycles. The van der Waals surface area contributed by atoms with Crippen LogP contribution in [-0.2, 0) is 4.79 Å². The SMILES string of the molecule is CCCOc1ccc([C@@H]2Nc3ccccc3NC3=C2C(=O)C[C@@H](c2ccc(OC)c(OC)c2)C3)cc1OC. The number of Topliss-reactive ketones (excluding diaryl/α,β-unsaturated/α-hetero) is 1. The van der Waals surface area contributed by atoms with E-state index < -0.39 is 0 Å². The summed E-state index contributed by atoms with van der Waals surface area (Å²) in [5.41, 5.74) is 5.54. The van der Waals surface area contributed by atoms with Gasteiger partial charge in [-0.2, -0.15) is 0 Å². The minimum absolute atomic E-state index is 0.0128. The molecule has 7 nitrogen and oxygen atoms in total. The Morgan fingerprint density at radius 3 is 2.18 bits per heavy atom. The van der Waals surface area contributed by atoms with E-state index in [2.05, 4.69) is 17.6 Å². The second-order valence-electron chi connectivity index (χ2n) is 9.54. The fourth-order valence-corrected chi connectivity index (χ4v) is 5.28. The van der Waals surface area contributed by atoms with E-state index in [-0.39, 0.29) is 17.7 Å². The molecule has 1 aliphatic heterocycles. The monoisotopic (exact) mass is 514 g/mol. The van der Waals surface area contributed by atoms with Gasteiger partial charge in [-0.1, -0.05) is 31.2 Å². The van der Waals surface area contributed by atoms with Crippen LogP contribution < -0.4 is 29.6 Å². The fourth-order valence-electron chi connectivity index (χ4n) is 5.28. The first-order valence-corrected chi connectivity index (χ1v) is 13.0. The first-order valence-electron chi connectivity index (χ1n) is 13.0. The molecule has 0 unspecified atom stereocenters. The van der Waals surface area contributed by atoms with Gasteiger partial charge in [0.2, 0.25) is 0 Å². The van der Waals surface area contributed by atoms with Gasteiger partial charge < -0.3 is 29.6 Å². The summed E-state index contributed by atoms with van der Waals surface area (Å²) >= 11 is 0. The Bertz CT molecular complexity index is 1370. The highest BCUT2D eigenvalue weighted by Crippen LogP contribution is 2.46. The Balaban J connectivity index is 1.56. The number of ketones is 1. The number of fused-ring (bicyclic) bond motifs is 1. The molecular formula is C31H34N2O5. The van der Waals surface area contributed by atoms with Crippen molar-refractivity contribution in [3.8, 4) is 23.0 Å². The zero-order valence-corrected chi connectivity index (χ0v) is 22.3. The molecule has 0 fully saturated rings. The topological polar surface area (TPSA) is 78.1 Å². The molecule has 1 aliphatic carbocycles. The van der Waals surface area contributed by atoms with Gasteiger partial charge >= 0.3 is 0 Å². The van der Waals surface area contributed by atoms with E-state index in [1.165, 1.54) is 0 Å². The number of methoxy groups -OCH3 is 3. The van der Waals surface area contributed by atoms with Crippen LogP contribution in [0.3, 0.4) is 0 Å². The Hall–Kier alpha value is -4.13. The van der Waals surface area contributed by atoms with Crippen LogP contribution in [0.1, 0.15) is 49.3 Å². The highest BCUT2D eigenvalue weighted by Gasteiger charge is 2.36. The number of nitrogens with one attached hydrogen (secondary N) is 2. The summed E-state index contributed by atoms with van der Waals surface area (Å²) in [4.78, 5) is 13.9. The van der Waals surface area contributed by atoms with Crippen LogP contribution in [0.4, 0.5) is 11.4 Å². The van der Waals surface area contributed by atoms with Crippen LogP contribution in [0, 0.1) is 0 Å². The van der Waals surface area contributed by atoms with Crippen molar-refractivity contribution in [2.24, 2.45) is 0 Å². The standard InChI is InChI=1S/C31H34N2O5/c1-5-14-38-27-13-11-20(18-29(27)37-4)31-30-24(32-22-8-6-7-9-23(22)33-31)15-21(16-25(30)34)19-10-12-26(35-2)28(17-19)36-3/h6-13,17-18,21,31-33H,5,14-16H2,1-4H3/t21-,31-/m0/s1. The van der Waals surface area contributed by atoms with E-state index in [4.69, 9.17) is 18.9 Å². The number of ether oxygens (including phenoxy) is 4. The van der Waals surface area contributed by atoms with Crippen LogP contribution in [0.15, 0.2) is 71.9 Å². The predicted octanol–water partition coefficient (Wildman–Crippen LogP) is 6.48. The summed E-state index contributed by atoms with van der Waals surface area (Å²) in [5, 5.41) is 7.23. The average Bonchev–Trinajstić information content (AvgIpc) is 3.12. The number of allylic oxidation sites excluding steroid dienone is 1. The van der Waals surface area contributed by atoms with Crippen LogP contribution in [-0.4, -0.2) is 33.7 Å². The van der Waals surface area contributed by atoms with Crippen LogP contribution >= 0.6 is 0 Å². The lowest BCUT2D eigenvalue weighted by Crippen LogP contribution is -2.27. The summed E-state index contributed by atoms with van der Waals surface area (Å²) in [5.74, 6) is 2.80. The molecule has 0 aromatic heterocycles. The van der Waals surface area contributed by atoms with Gasteiger partial charge in [0.05, 0.1) is 45.4 Å². The molecule has 3 aromatic rings. The molecular weight excluding hydrogens is 480 g/mol. The number of carbonyl (C=O) groups is 1. The van der Waals surface area contributed by atoms with Crippen molar-refractivity contribution in [2.75, 3.05) is 38.6 Å². The summed E-state index contributed by atoms with van der Waals surface area (Å²) < 4.78 is 22.5. The number of carbonyl (C=O) groups excluding carboxylic acids is 1. The van der Waals surface area contributed by atoms with Crippen molar-refractivity contribution >= 4 is 17.2 Å². The van der Waals surface area contributed by atoms with Crippen molar-refractivity contribution in [1.82, 2.24) is 0 Å². The van der Waals surface area contributed by atoms with Crippen molar-refractivity contribution < 1.29 is 23.7 Å². The maximum atomic E-state index is 13.9. The molecule has 38 heavy (non-hydrogen) atoms. The highest BCUT2D eigenvalue weighted by atomic mass is 16.5. The maximum Gasteiger partial charge on any atom is 0.163 e. The minimum atomic E-state index is -0.339. The van der Waals surface area contributed by atoms with Gasteiger partial charge in [0.15, 0.2) is 28.8 Å². The first-order chi connectivity index (χ1) is 18.6. The molecule has 0 amide bonds. The number of hydrogen-bond donors (Lipinski definition) is 2. The van der Waals surface area contributed by atoms with Gasteiger partial charge in [0.1, 0.15) is 0 Å². The summed E-state index contributed by atoms with van der Waals surface area (Å²) in [6.45, 7) is 2.68. The summed E-state index contributed by atoms with van der Waals surface area (Å²) in [6.07, 6.45) is 2.00. The largest absolute Gasteiger partial charge is 0.493 e. The Morgan fingerprint density at radius 2 is 1.45 bits per heavy atom. The van der Waals surface area contributed by atoms with Gasteiger partial charge in [-0.05, 0) is 66.3 Å². The maximum absolute atomic E-state index is 13.9. The van der Waals surface area contributed by atoms with Gasteiger partial charge in [-0.25, -0.2) is 0 Å². The fraction of sp³-hybridized carbons (Fsp3) is 0.323. The third kappa shape index (κ3) is 4.88. The average molecular weight is 515 g/mol. The lowest BCUT2D eigenvalue weighted by Gasteiger charge is -2.30. The second-order valence-corrected chi connectivity index (χ2v) is 9.54. The third-order valence-corrected chi connectivity index (χ3v) is 7.17. The molecule has 3 aromatic carbocycles. The minimum Gasteiger partial charge on any atom is -0.493 e. The molecule has 2 N–H and O–H groups in total. The Labute approximate surface area is 223 Å².